The molecule has 0 aliphatic rings. The molecule has 0 radical (unpaired) electrons. The highest BCUT2D eigenvalue weighted by atomic mass is 19.4. The standard InChI is InChI=1S/C27H26F3NO2/c1-26(2,3)33-25(32)23(18-21-16-10-11-17-22(21)27(28,29)30)31-24(19-12-6-4-7-13-19)20-14-8-5-9-15-20/h4-17,23H,18H2,1-3H3. The molecule has 0 spiro atoms. The molecule has 0 aliphatic carbocycles. The van der Waals surface area contributed by atoms with Crippen LogP contribution in [0.4, 0.5) is 13.2 Å². The molecule has 0 saturated heterocycles. The number of hydrogen-bond acceptors (Lipinski definition) is 3. The molecule has 0 aliphatic heterocycles. The van der Waals surface area contributed by atoms with E-state index in [4.69, 9.17) is 9.73 Å². The summed E-state index contributed by atoms with van der Waals surface area (Å²) in [6.07, 6.45) is -4.78. The summed E-state index contributed by atoms with van der Waals surface area (Å²) in [5, 5.41) is 0. The first-order chi connectivity index (χ1) is 15.5. The van der Waals surface area contributed by atoms with Crippen molar-refractivity contribution < 1.29 is 22.7 Å². The van der Waals surface area contributed by atoms with Crippen LogP contribution in [0.1, 0.15) is 43.0 Å². The van der Waals surface area contributed by atoms with Crippen molar-refractivity contribution in [3.8, 4) is 0 Å². The molecule has 1 atom stereocenters. The zero-order valence-corrected chi connectivity index (χ0v) is 18.8. The van der Waals surface area contributed by atoms with Gasteiger partial charge in [0.2, 0.25) is 0 Å². The van der Waals surface area contributed by atoms with Crippen molar-refractivity contribution in [3.05, 3.63) is 107 Å². The van der Waals surface area contributed by atoms with Gasteiger partial charge in [-0.2, -0.15) is 13.2 Å². The number of esters is 1. The fraction of sp³-hybridized carbons (Fsp3) is 0.259. The van der Waals surface area contributed by atoms with Gasteiger partial charge in [-0.25, -0.2) is 4.79 Å². The number of carbonyl (C=O) groups is 1. The average molecular weight is 454 g/mol. The zero-order chi connectivity index (χ0) is 24.1. The third-order valence-electron chi connectivity index (χ3n) is 4.79. The average Bonchev–Trinajstić information content (AvgIpc) is 2.76. The van der Waals surface area contributed by atoms with E-state index in [1.54, 1.807) is 20.8 Å². The summed E-state index contributed by atoms with van der Waals surface area (Å²) in [7, 11) is 0. The quantitative estimate of drug-likeness (QED) is 0.316. The van der Waals surface area contributed by atoms with Crippen LogP contribution in [0.3, 0.4) is 0 Å². The second-order valence-electron chi connectivity index (χ2n) is 8.62. The van der Waals surface area contributed by atoms with Gasteiger partial charge in [-0.3, -0.25) is 4.99 Å². The molecule has 172 valence electrons. The highest BCUT2D eigenvalue weighted by Gasteiger charge is 2.35. The molecule has 0 N–H and O–H groups in total. The predicted octanol–water partition coefficient (Wildman–Crippen LogP) is 6.50. The third-order valence-corrected chi connectivity index (χ3v) is 4.79. The van der Waals surface area contributed by atoms with Crippen molar-refractivity contribution >= 4 is 11.7 Å². The predicted molar refractivity (Wildman–Crippen MR) is 123 cm³/mol. The van der Waals surface area contributed by atoms with E-state index in [-0.39, 0.29) is 12.0 Å². The summed E-state index contributed by atoms with van der Waals surface area (Å²) in [5.74, 6) is -0.677. The maximum atomic E-state index is 13.6. The van der Waals surface area contributed by atoms with Crippen molar-refractivity contribution in [1.29, 1.82) is 0 Å². The first kappa shape index (κ1) is 24.2. The summed E-state index contributed by atoms with van der Waals surface area (Å²) >= 11 is 0. The Morgan fingerprint density at radius 1 is 0.818 bits per heavy atom. The topological polar surface area (TPSA) is 38.7 Å². The van der Waals surface area contributed by atoms with E-state index in [1.165, 1.54) is 18.2 Å². The fourth-order valence-electron chi connectivity index (χ4n) is 3.40. The first-order valence-corrected chi connectivity index (χ1v) is 10.6. The lowest BCUT2D eigenvalue weighted by molar-refractivity contribution is -0.156. The number of carbonyl (C=O) groups excluding carboxylic acids is 1. The van der Waals surface area contributed by atoms with Crippen LogP contribution in [0, 0.1) is 0 Å². The first-order valence-electron chi connectivity index (χ1n) is 10.6. The lowest BCUT2D eigenvalue weighted by atomic mass is 9.98. The van der Waals surface area contributed by atoms with Gasteiger partial charge in [-0.1, -0.05) is 78.9 Å². The van der Waals surface area contributed by atoms with Crippen LogP contribution in [0.2, 0.25) is 0 Å². The monoisotopic (exact) mass is 453 g/mol. The molecule has 0 saturated carbocycles. The van der Waals surface area contributed by atoms with Crippen LogP contribution in [-0.2, 0) is 22.1 Å². The molecule has 0 heterocycles. The minimum Gasteiger partial charge on any atom is -0.458 e. The molecule has 0 aromatic heterocycles. The van der Waals surface area contributed by atoms with Gasteiger partial charge in [0.25, 0.3) is 0 Å². The number of nitrogens with zero attached hydrogens (tertiary/aromatic N) is 1. The molecule has 1 unspecified atom stereocenters. The van der Waals surface area contributed by atoms with Crippen LogP contribution >= 0.6 is 0 Å². The summed E-state index contributed by atoms with van der Waals surface area (Å²) < 4.78 is 46.4. The Balaban J connectivity index is 2.12. The third kappa shape index (κ3) is 6.78. The largest absolute Gasteiger partial charge is 0.458 e. The van der Waals surface area contributed by atoms with Gasteiger partial charge in [0.1, 0.15) is 5.60 Å². The molecule has 0 fully saturated rings. The van der Waals surface area contributed by atoms with Crippen LogP contribution in [-0.4, -0.2) is 23.3 Å². The Bertz CT molecular complexity index is 1060. The van der Waals surface area contributed by atoms with Crippen molar-refractivity contribution in [2.24, 2.45) is 4.99 Å². The molecular formula is C27H26F3NO2. The van der Waals surface area contributed by atoms with Gasteiger partial charge in [-0.15, -0.1) is 0 Å². The Morgan fingerprint density at radius 3 is 1.79 bits per heavy atom. The van der Waals surface area contributed by atoms with Crippen molar-refractivity contribution in [2.75, 3.05) is 0 Å². The van der Waals surface area contributed by atoms with E-state index in [0.29, 0.717) is 5.71 Å². The van der Waals surface area contributed by atoms with Gasteiger partial charge >= 0.3 is 12.1 Å². The highest BCUT2D eigenvalue weighted by molar-refractivity contribution is 6.13. The van der Waals surface area contributed by atoms with Crippen molar-refractivity contribution in [3.63, 3.8) is 0 Å². The molecule has 33 heavy (non-hydrogen) atoms. The fourth-order valence-corrected chi connectivity index (χ4v) is 3.40. The van der Waals surface area contributed by atoms with Gasteiger partial charge in [0.15, 0.2) is 6.04 Å². The van der Waals surface area contributed by atoms with E-state index in [2.05, 4.69) is 0 Å². The normalized spacial score (nSPS) is 12.7. The van der Waals surface area contributed by atoms with Crippen molar-refractivity contribution in [2.45, 2.75) is 45.0 Å². The molecule has 3 aromatic carbocycles. The van der Waals surface area contributed by atoms with E-state index in [1.807, 2.05) is 60.7 Å². The number of ether oxygens (including phenoxy) is 1. The molecule has 3 aromatic rings. The Morgan fingerprint density at radius 2 is 1.30 bits per heavy atom. The molecule has 0 bridgehead atoms. The van der Waals surface area contributed by atoms with E-state index >= 15 is 0 Å². The Kier molecular flexibility index (Phi) is 7.36. The number of benzene rings is 3. The molecule has 3 nitrogen and oxygen atoms in total. The second-order valence-corrected chi connectivity index (χ2v) is 8.62. The zero-order valence-electron chi connectivity index (χ0n) is 18.8. The Labute approximate surface area is 191 Å². The smallest absolute Gasteiger partial charge is 0.416 e. The highest BCUT2D eigenvalue weighted by Crippen LogP contribution is 2.33. The molecule has 3 rings (SSSR count). The summed E-state index contributed by atoms with van der Waals surface area (Å²) in [6.45, 7) is 5.14. The van der Waals surface area contributed by atoms with Crippen LogP contribution in [0.25, 0.3) is 0 Å². The molecular weight excluding hydrogens is 427 g/mol. The van der Waals surface area contributed by atoms with Gasteiger partial charge in [0.05, 0.1) is 11.3 Å². The number of alkyl halides is 3. The van der Waals surface area contributed by atoms with Gasteiger partial charge < -0.3 is 4.74 Å². The Hall–Kier alpha value is -3.41. The van der Waals surface area contributed by atoms with E-state index < -0.39 is 29.4 Å². The SMILES string of the molecule is CC(C)(C)OC(=O)C(Cc1ccccc1C(F)(F)F)N=C(c1ccccc1)c1ccccc1. The second kappa shape index (κ2) is 10.0. The van der Waals surface area contributed by atoms with Crippen molar-refractivity contribution in [1.82, 2.24) is 0 Å². The van der Waals surface area contributed by atoms with Gasteiger partial charge in [0, 0.05) is 17.5 Å². The minimum atomic E-state index is -4.54. The van der Waals surface area contributed by atoms with Gasteiger partial charge in [-0.05, 0) is 32.4 Å². The minimum absolute atomic E-state index is 0.00918. The van der Waals surface area contributed by atoms with Crippen LogP contribution in [0.15, 0.2) is 89.9 Å². The maximum absolute atomic E-state index is 13.6. The molecule has 0 amide bonds. The van der Waals surface area contributed by atoms with E-state index in [0.717, 1.165) is 17.2 Å². The lowest BCUT2D eigenvalue weighted by Gasteiger charge is -2.24. The summed E-state index contributed by atoms with van der Waals surface area (Å²) in [6, 6.07) is 22.6. The summed E-state index contributed by atoms with van der Waals surface area (Å²) in [4.78, 5) is 17.8. The number of hydrogen-bond donors (Lipinski definition) is 0. The number of aliphatic imine (C=N–C) groups is 1. The number of halogens is 3. The summed E-state index contributed by atoms with van der Waals surface area (Å²) in [5.41, 5.74) is 0.410. The maximum Gasteiger partial charge on any atom is 0.416 e. The number of rotatable bonds is 6. The lowest BCUT2D eigenvalue weighted by Crippen LogP contribution is -2.33. The van der Waals surface area contributed by atoms with Crippen LogP contribution in [0.5, 0.6) is 0 Å². The molecule has 6 heteroatoms. The van der Waals surface area contributed by atoms with Crippen LogP contribution < -0.4 is 0 Å². The van der Waals surface area contributed by atoms with E-state index in [9.17, 15) is 18.0 Å².